The van der Waals surface area contributed by atoms with E-state index in [1.165, 1.54) is 16.9 Å². The third-order valence-corrected chi connectivity index (χ3v) is 6.11. The highest BCUT2D eigenvalue weighted by Crippen LogP contribution is 2.39. The van der Waals surface area contributed by atoms with Gasteiger partial charge in [0.05, 0.1) is 17.2 Å². The highest BCUT2D eigenvalue weighted by Gasteiger charge is 2.17. The Morgan fingerprint density at radius 2 is 1.66 bits per heavy atom. The third kappa shape index (κ3) is 5.24. The van der Waals surface area contributed by atoms with Crippen LogP contribution < -0.4 is 10.1 Å². The van der Waals surface area contributed by atoms with E-state index in [9.17, 15) is 4.79 Å². The van der Waals surface area contributed by atoms with Crippen molar-refractivity contribution in [1.82, 2.24) is 4.98 Å². The Bertz CT molecular complexity index is 1170. The molecule has 0 saturated heterocycles. The highest BCUT2D eigenvalue weighted by molar-refractivity contribution is 7.19. The van der Waals surface area contributed by atoms with Crippen LogP contribution >= 0.6 is 11.3 Å². The molecule has 0 saturated carbocycles. The molecule has 0 bridgehead atoms. The van der Waals surface area contributed by atoms with Gasteiger partial charge in [-0.1, -0.05) is 84.8 Å². The van der Waals surface area contributed by atoms with Crippen molar-refractivity contribution in [2.75, 3.05) is 11.9 Å². The molecule has 0 atom stereocenters. The maximum absolute atomic E-state index is 12.8. The van der Waals surface area contributed by atoms with Gasteiger partial charge in [-0.25, -0.2) is 4.98 Å². The number of hydrogen-bond acceptors (Lipinski definition) is 4. The zero-order valence-electron chi connectivity index (χ0n) is 18.3. The number of rotatable bonds is 8. The van der Waals surface area contributed by atoms with Crippen molar-refractivity contribution < 1.29 is 9.53 Å². The fourth-order valence-electron chi connectivity index (χ4n) is 3.27. The number of nitrogens with zero attached hydrogens (tertiary/aromatic N) is 1. The Morgan fingerprint density at radius 1 is 0.938 bits per heavy atom. The maximum Gasteiger partial charge on any atom is 0.257 e. The van der Waals surface area contributed by atoms with Gasteiger partial charge in [0, 0.05) is 11.1 Å². The van der Waals surface area contributed by atoms with E-state index in [0.29, 0.717) is 17.3 Å². The number of ether oxygens (including phenoxy) is 1. The van der Waals surface area contributed by atoms with Crippen LogP contribution in [0.1, 0.15) is 35.7 Å². The summed E-state index contributed by atoms with van der Waals surface area (Å²) in [6.07, 6.45) is 2.10. The molecule has 0 aliphatic rings. The summed E-state index contributed by atoms with van der Waals surface area (Å²) in [4.78, 5) is 18.7. The van der Waals surface area contributed by atoms with E-state index in [-0.39, 0.29) is 5.91 Å². The number of aryl methyl sites for hydroxylation is 1. The number of thiazole rings is 1. The number of carbonyl (C=O) groups is 1. The maximum atomic E-state index is 12.8. The van der Waals surface area contributed by atoms with Gasteiger partial charge in [-0.2, -0.15) is 0 Å². The fourth-order valence-corrected chi connectivity index (χ4v) is 4.26. The zero-order chi connectivity index (χ0) is 22.3. The molecule has 0 unspecified atom stereocenters. The van der Waals surface area contributed by atoms with Crippen LogP contribution in [-0.4, -0.2) is 17.5 Å². The third-order valence-electron chi connectivity index (χ3n) is 5.09. The Hall–Kier alpha value is -3.44. The van der Waals surface area contributed by atoms with E-state index in [4.69, 9.17) is 9.72 Å². The van der Waals surface area contributed by atoms with Gasteiger partial charge in [0.2, 0.25) is 0 Å². The van der Waals surface area contributed by atoms with Crippen molar-refractivity contribution in [2.24, 2.45) is 0 Å². The minimum absolute atomic E-state index is 0.186. The van der Waals surface area contributed by atoms with Crippen LogP contribution in [0.4, 0.5) is 5.13 Å². The Kier molecular flexibility index (Phi) is 6.97. The first-order valence-electron chi connectivity index (χ1n) is 10.8. The molecule has 162 valence electrons. The summed E-state index contributed by atoms with van der Waals surface area (Å²) in [6, 6.07) is 25.7. The summed E-state index contributed by atoms with van der Waals surface area (Å²) >= 11 is 1.48. The summed E-state index contributed by atoms with van der Waals surface area (Å²) in [5.41, 5.74) is 4.74. The molecule has 1 aromatic heterocycles. The number of nitrogens with one attached hydrogen (secondary N) is 1. The Labute approximate surface area is 192 Å². The number of hydrogen-bond donors (Lipinski definition) is 1. The number of aromatic nitrogens is 1. The van der Waals surface area contributed by atoms with E-state index in [0.717, 1.165) is 40.3 Å². The molecular formula is C27H26N2O2S. The molecule has 5 heteroatoms. The van der Waals surface area contributed by atoms with Gasteiger partial charge in [-0.05, 0) is 43.2 Å². The number of amides is 1. The van der Waals surface area contributed by atoms with Gasteiger partial charge < -0.3 is 4.74 Å². The predicted molar refractivity (Wildman–Crippen MR) is 133 cm³/mol. The molecule has 1 amide bonds. The van der Waals surface area contributed by atoms with Crippen LogP contribution in [0.15, 0.2) is 78.9 Å². The van der Waals surface area contributed by atoms with Crippen LogP contribution in [0.25, 0.3) is 21.7 Å². The zero-order valence-corrected chi connectivity index (χ0v) is 19.1. The smallest absolute Gasteiger partial charge is 0.257 e. The molecule has 1 N–H and O–H groups in total. The van der Waals surface area contributed by atoms with Crippen LogP contribution in [0.5, 0.6) is 5.75 Å². The van der Waals surface area contributed by atoms with Crippen molar-refractivity contribution in [3.63, 3.8) is 0 Å². The van der Waals surface area contributed by atoms with E-state index in [1.54, 1.807) is 12.1 Å². The number of unbranched alkanes of at least 4 members (excludes halogenated alkanes) is 1. The lowest BCUT2D eigenvalue weighted by molar-refractivity contribution is 0.102. The van der Waals surface area contributed by atoms with Gasteiger partial charge in [0.1, 0.15) is 5.75 Å². The van der Waals surface area contributed by atoms with Crippen LogP contribution in [0.3, 0.4) is 0 Å². The number of anilines is 1. The second-order valence-corrected chi connectivity index (χ2v) is 8.61. The second-order valence-electron chi connectivity index (χ2n) is 7.61. The van der Waals surface area contributed by atoms with Crippen LogP contribution in [-0.2, 0) is 0 Å². The lowest BCUT2D eigenvalue weighted by Gasteiger charge is -2.06. The molecule has 0 spiro atoms. The molecule has 4 rings (SSSR count). The quantitative estimate of drug-likeness (QED) is 0.293. The Morgan fingerprint density at radius 3 is 2.34 bits per heavy atom. The van der Waals surface area contributed by atoms with Crippen molar-refractivity contribution in [3.8, 4) is 27.4 Å². The van der Waals surface area contributed by atoms with Crippen LogP contribution in [0.2, 0.25) is 0 Å². The highest BCUT2D eigenvalue weighted by atomic mass is 32.1. The SMILES string of the molecule is CCCCOc1ccc(C(=O)Nc2nc(-c3ccc(C)cc3)c(-c3ccccc3)s2)cc1. The average Bonchev–Trinajstić information content (AvgIpc) is 3.24. The van der Waals surface area contributed by atoms with E-state index < -0.39 is 0 Å². The Balaban J connectivity index is 1.57. The summed E-state index contributed by atoms with van der Waals surface area (Å²) in [7, 11) is 0. The minimum Gasteiger partial charge on any atom is -0.494 e. The summed E-state index contributed by atoms with van der Waals surface area (Å²) in [5, 5.41) is 3.55. The van der Waals surface area contributed by atoms with E-state index in [2.05, 4.69) is 55.6 Å². The normalized spacial score (nSPS) is 10.7. The molecule has 32 heavy (non-hydrogen) atoms. The first kappa shape index (κ1) is 21.8. The van der Waals surface area contributed by atoms with Gasteiger partial charge in [0.15, 0.2) is 5.13 Å². The van der Waals surface area contributed by atoms with Gasteiger partial charge >= 0.3 is 0 Å². The van der Waals surface area contributed by atoms with Crippen molar-refractivity contribution >= 4 is 22.4 Å². The molecule has 4 nitrogen and oxygen atoms in total. The van der Waals surface area contributed by atoms with Crippen molar-refractivity contribution in [3.05, 3.63) is 90.0 Å². The number of benzene rings is 3. The molecule has 0 fully saturated rings. The largest absolute Gasteiger partial charge is 0.494 e. The molecule has 3 aromatic carbocycles. The standard InChI is InChI=1S/C27H26N2O2S/c1-3-4-18-31-23-16-14-22(15-17-23)26(30)29-27-28-24(20-12-10-19(2)11-13-20)25(32-27)21-8-6-5-7-9-21/h5-17H,3-4,18H2,1-2H3,(H,28,29,30). The lowest BCUT2D eigenvalue weighted by atomic mass is 10.1. The predicted octanol–water partition coefficient (Wildman–Crippen LogP) is 7.22. The van der Waals surface area contributed by atoms with Crippen LogP contribution in [0, 0.1) is 6.92 Å². The first-order valence-corrected chi connectivity index (χ1v) is 11.6. The fraction of sp³-hybridized carbons (Fsp3) is 0.185. The minimum atomic E-state index is -0.186. The van der Waals surface area contributed by atoms with Gasteiger partial charge in [-0.3, -0.25) is 10.1 Å². The van der Waals surface area contributed by atoms with Crippen molar-refractivity contribution in [1.29, 1.82) is 0 Å². The van der Waals surface area contributed by atoms with Gasteiger partial charge in [-0.15, -0.1) is 0 Å². The monoisotopic (exact) mass is 442 g/mol. The molecule has 0 aliphatic carbocycles. The summed E-state index contributed by atoms with van der Waals surface area (Å²) in [6.45, 7) is 4.88. The molecule has 4 aromatic rings. The van der Waals surface area contributed by atoms with E-state index in [1.807, 2.05) is 30.3 Å². The molecule has 0 radical (unpaired) electrons. The molecule has 1 heterocycles. The van der Waals surface area contributed by atoms with Gasteiger partial charge in [0.25, 0.3) is 5.91 Å². The second kappa shape index (κ2) is 10.2. The topological polar surface area (TPSA) is 51.2 Å². The molecule has 0 aliphatic heterocycles. The van der Waals surface area contributed by atoms with Crippen molar-refractivity contribution in [2.45, 2.75) is 26.7 Å². The summed E-state index contributed by atoms with van der Waals surface area (Å²) in [5.74, 6) is 0.589. The summed E-state index contributed by atoms with van der Waals surface area (Å²) < 4.78 is 5.68. The lowest BCUT2D eigenvalue weighted by Crippen LogP contribution is -2.11. The van der Waals surface area contributed by atoms with E-state index >= 15 is 0 Å². The average molecular weight is 443 g/mol. The number of carbonyl (C=O) groups excluding carboxylic acids is 1. The molecular weight excluding hydrogens is 416 g/mol. The first-order chi connectivity index (χ1) is 15.6.